The summed E-state index contributed by atoms with van der Waals surface area (Å²) in [6.45, 7) is 4.22. The van der Waals surface area contributed by atoms with Crippen LogP contribution in [0.25, 0.3) is 0 Å². The largest absolute Gasteiger partial charge is 0.298 e. The van der Waals surface area contributed by atoms with Crippen LogP contribution in [0.3, 0.4) is 0 Å². The quantitative estimate of drug-likeness (QED) is 0.644. The molecule has 0 fully saturated rings. The van der Waals surface area contributed by atoms with Crippen molar-refractivity contribution >= 4 is 6.29 Å². The van der Waals surface area contributed by atoms with E-state index >= 15 is 0 Å². The van der Waals surface area contributed by atoms with Gasteiger partial charge in [0.05, 0.1) is 0 Å². The number of aryl methyl sites for hydroxylation is 2. The highest BCUT2D eigenvalue weighted by Crippen LogP contribution is 2.12. The second kappa shape index (κ2) is 4.80. The highest BCUT2D eigenvalue weighted by atomic mass is 16.1. The molecule has 0 spiro atoms. The van der Waals surface area contributed by atoms with Crippen molar-refractivity contribution in [1.29, 1.82) is 0 Å². The second-order valence-electron chi connectivity index (χ2n) is 3.25. The topological polar surface area (TPSA) is 17.1 Å². The van der Waals surface area contributed by atoms with Gasteiger partial charge in [-0.05, 0) is 30.0 Å². The van der Waals surface area contributed by atoms with Gasteiger partial charge in [0.15, 0.2) is 0 Å². The van der Waals surface area contributed by atoms with Crippen LogP contribution >= 0.6 is 0 Å². The zero-order valence-electron chi connectivity index (χ0n) is 8.34. The number of rotatable bonds is 4. The predicted molar refractivity (Wildman–Crippen MR) is 55.2 cm³/mol. The molecule has 0 heterocycles. The Morgan fingerprint density at radius 2 is 2.08 bits per heavy atom. The molecule has 0 saturated carbocycles. The summed E-state index contributed by atoms with van der Waals surface area (Å²) in [4.78, 5) is 10.7. The van der Waals surface area contributed by atoms with Crippen LogP contribution in [0.5, 0.6) is 0 Å². The van der Waals surface area contributed by atoms with Crippen molar-refractivity contribution in [1.82, 2.24) is 0 Å². The molecule has 0 N–H and O–H groups in total. The number of benzene rings is 1. The summed E-state index contributed by atoms with van der Waals surface area (Å²) in [7, 11) is 0. The molecule has 0 amide bonds. The molecule has 0 aromatic heterocycles. The molecule has 1 nitrogen and oxygen atoms in total. The molecule has 13 heavy (non-hydrogen) atoms. The van der Waals surface area contributed by atoms with Crippen LogP contribution < -0.4 is 0 Å². The normalized spacial score (nSPS) is 10.0. The van der Waals surface area contributed by atoms with Gasteiger partial charge in [-0.15, -0.1) is 0 Å². The van der Waals surface area contributed by atoms with E-state index in [4.69, 9.17) is 0 Å². The van der Waals surface area contributed by atoms with E-state index in [9.17, 15) is 4.79 Å². The van der Waals surface area contributed by atoms with Crippen LogP contribution in [0.2, 0.25) is 0 Å². The van der Waals surface area contributed by atoms with Crippen molar-refractivity contribution in [2.75, 3.05) is 0 Å². The van der Waals surface area contributed by atoms with E-state index in [1.165, 1.54) is 5.56 Å². The lowest BCUT2D eigenvalue weighted by atomic mass is 10.0. The first-order valence-corrected chi connectivity index (χ1v) is 4.88. The zero-order chi connectivity index (χ0) is 9.68. The van der Waals surface area contributed by atoms with Gasteiger partial charge >= 0.3 is 0 Å². The van der Waals surface area contributed by atoms with Crippen molar-refractivity contribution in [2.45, 2.75) is 33.1 Å². The van der Waals surface area contributed by atoms with Gasteiger partial charge in [0.1, 0.15) is 6.29 Å². The molecule has 0 aliphatic heterocycles. The Hall–Kier alpha value is -1.11. The maximum Gasteiger partial charge on any atom is 0.150 e. The number of carbonyl (C=O) groups excluding carboxylic acids is 1. The molecule has 0 saturated heterocycles. The first-order chi connectivity index (χ1) is 6.31. The van der Waals surface area contributed by atoms with E-state index in [2.05, 4.69) is 26.0 Å². The zero-order valence-corrected chi connectivity index (χ0v) is 8.34. The van der Waals surface area contributed by atoms with E-state index < -0.39 is 0 Å². The van der Waals surface area contributed by atoms with Crippen LogP contribution in [-0.2, 0) is 12.8 Å². The standard InChI is InChI=1S/C12H16O/c1-3-5-10-6-7-11(4-2)12(8-10)9-13/h6-9H,3-5H2,1-2H3. The van der Waals surface area contributed by atoms with Crippen molar-refractivity contribution in [3.05, 3.63) is 34.9 Å². The maximum absolute atomic E-state index is 10.7. The number of aldehydes is 1. The Labute approximate surface area is 79.8 Å². The summed E-state index contributed by atoms with van der Waals surface area (Å²) in [6.07, 6.45) is 4.08. The van der Waals surface area contributed by atoms with Crippen molar-refractivity contribution in [3.63, 3.8) is 0 Å². The van der Waals surface area contributed by atoms with Gasteiger partial charge in [0.2, 0.25) is 0 Å². The van der Waals surface area contributed by atoms with E-state index in [1.54, 1.807) is 0 Å². The summed E-state index contributed by atoms with van der Waals surface area (Å²) < 4.78 is 0. The van der Waals surface area contributed by atoms with Gasteiger partial charge in [0.25, 0.3) is 0 Å². The summed E-state index contributed by atoms with van der Waals surface area (Å²) >= 11 is 0. The van der Waals surface area contributed by atoms with Gasteiger partial charge < -0.3 is 0 Å². The van der Waals surface area contributed by atoms with Crippen LogP contribution in [0, 0.1) is 0 Å². The Morgan fingerprint density at radius 1 is 1.31 bits per heavy atom. The summed E-state index contributed by atoms with van der Waals surface area (Å²) in [5.41, 5.74) is 3.27. The molecule has 70 valence electrons. The summed E-state index contributed by atoms with van der Waals surface area (Å²) in [6, 6.07) is 6.19. The van der Waals surface area contributed by atoms with Gasteiger partial charge in [-0.3, -0.25) is 4.79 Å². The minimum absolute atomic E-state index is 0.855. The van der Waals surface area contributed by atoms with E-state index in [0.717, 1.165) is 36.7 Å². The number of hydrogen-bond acceptors (Lipinski definition) is 1. The highest BCUT2D eigenvalue weighted by molar-refractivity contribution is 5.77. The Morgan fingerprint density at radius 3 is 2.62 bits per heavy atom. The Bertz CT molecular complexity index is 289. The van der Waals surface area contributed by atoms with Crippen molar-refractivity contribution in [2.24, 2.45) is 0 Å². The fourth-order valence-corrected chi connectivity index (χ4v) is 1.52. The van der Waals surface area contributed by atoms with E-state index in [1.807, 2.05) is 6.07 Å². The molecule has 1 aromatic carbocycles. The van der Waals surface area contributed by atoms with Crippen molar-refractivity contribution in [3.8, 4) is 0 Å². The third-order valence-corrected chi connectivity index (χ3v) is 2.26. The van der Waals surface area contributed by atoms with Crippen LogP contribution in [0.4, 0.5) is 0 Å². The van der Waals surface area contributed by atoms with Gasteiger partial charge in [-0.2, -0.15) is 0 Å². The average Bonchev–Trinajstić information content (AvgIpc) is 2.18. The predicted octanol–water partition coefficient (Wildman–Crippen LogP) is 3.01. The highest BCUT2D eigenvalue weighted by Gasteiger charge is 2.00. The minimum atomic E-state index is 0.855. The molecule has 0 aliphatic rings. The van der Waals surface area contributed by atoms with Crippen LogP contribution in [0.15, 0.2) is 18.2 Å². The smallest absolute Gasteiger partial charge is 0.150 e. The molecule has 0 bridgehead atoms. The molecular weight excluding hydrogens is 160 g/mol. The molecule has 0 unspecified atom stereocenters. The van der Waals surface area contributed by atoms with E-state index in [-0.39, 0.29) is 0 Å². The van der Waals surface area contributed by atoms with E-state index in [0.29, 0.717) is 0 Å². The third kappa shape index (κ3) is 2.41. The first-order valence-electron chi connectivity index (χ1n) is 4.88. The minimum Gasteiger partial charge on any atom is -0.298 e. The summed E-state index contributed by atoms with van der Waals surface area (Å²) in [5, 5.41) is 0. The lowest BCUT2D eigenvalue weighted by molar-refractivity contribution is 0.112. The molecule has 1 rings (SSSR count). The van der Waals surface area contributed by atoms with Crippen molar-refractivity contribution < 1.29 is 4.79 Å². The monoisotopic (exact) mass is 176 g/mol. The van der Waals surface area contributed by atoms with Crippen LogP contribution in [0.1, 0.15) is 41.8 Å². The molecular formula is C12H16O. The molecule has 0 atom stereocenters. The second-order valence-corrected chi connectivity index (χ2v) is 3.25. The number of carbonyl (C=O) groups is 1. The Kier molecular flexibility index (Phi) is 3.69. The lowest BCUT2D eigenvalue weighted by Crippen LogP contribution is -1.93. The SMILES string of the molecule is CCCc1ccc(CC)c(C=O)c1. The summed E-state index contributed by atoms with van der Waals surface area (Å²) in [5.74, 6) is 0. The van der Waals surface area contributed by atoms with Gasteiger partial charge in [-0.1, -0.05) is 32.4 Å². The molecule has 1 aromatic rings. The van der Waals surface area contributed by atoms with Gasteiger partial charge in [0, 0.05) is 5.56 Å². The van der Waals surface area contributed by atoms with Gasteiger partial charge in [-0.25, -0.2) is 0 Å². The average molecular weight is 176 g/mol. The first kappa shape index (κ1) is 9.97. The Balaban J connectivity index is 2.98. The molecule has 1 heteroatoms. The van der Waals surface area contributed by atoms with Crippen LogP contribution in [-0.4, -0.2) is 6.29 Å². The lowest BCUT2D eigenvalue weighted by Gasteiger charge is -2.04. The molecule has 0 radical (unpaired) electrons. The molecule has 0 aliphatic carbocycles. The number of hydrogen-bond donors (Lipinski definition) is 0. The maximum atomic E-state index is 10.7. The fraction of sp³-hybridized carbons (Fsp3) is 0.417. The fourth-order valence-electron chi connectivity index (χ4n) is 1.52. The third-order valence-electron chi connectivity index (χ3n) is 2.26.